The Balaban J connectivity index is 2.04. The Kier molecular flexibility index (Phi) is 12.4. The van der Waals surface area contributed by atoms with Gasteiger partial charge in [0.15, 0.2) is 6.10 Å². The molecule has 42 heavy (non-hydrogen) atoms. The van der Waals surface area contributed by atoms with Crippen LogP contribution in [0.4, 0.5) is 38.1 Å². The van der Waals surface area contributed by atoms with E-state index in [9.17, 15) is 46.8 Å². The van der Waals surface area contributed by atoms with Gasteiger partial charge in [-0.2, -0.15) is 22.0 Å². The summed E-state index contributed by atoms with van der Waals surface area (Å²) in [5.74, 6) is -0.756. The largest absolute Gasteiger partial charge is 0.492 e. The topological polar surface area (TPSA) is 140 Å². The molecular weight excluding hydrogens is 577 g/mol. The molecule has 0 aliphatic rings. The van der Waals surface area contributed by atoms with E-state index in [1.54, 1.807) is 31.2 Å². The quantitative estimate of drug-likeness (QED) is 0.112. The van der Waals surface area contributed by atoms with Crippen molar-refractivity contribution in [2.24, 2.45) is 0 Å². The van der Waals surface area contributed by atoms with E-state index in [1.165, 1.54) is 19.1 Å². The zero-order valence-electron chi connectivity index (χ0n) is 22.7. The van der Waals surface area contributed by atoms with Crippen LogP contribution in [0, 0.1) is 17.0 Å². The Morgan fingerprint density at radius 1 is 1.07 bits per heavy atom. The van der Waals surface area contributed by atoms with Crippen LogP contribution in [0.5, 0.6) is 5.75 Å². The van der Waals surface area contributed by atoms with Crippen molar-refractivity contribution in [2.45, 2.75) is 45.1 Å². The number of alkyl halides is 5. The van der Waals surface area contributed by atoms with Crippen LogP contribution in [0.25, 0.3) is 0 Å². The minimum Gasteiger partial charge on any atom is -0.492 e. The third-order valence-corrected chi connectivity index (χ3v) is 5.75. The van der Waals surface area contributed by atoms with Crippen LogP contribution in [0.1, 0.15) is 24.5 Å². The summed E-state index contributed by atoms with van der Waals surface area (Å²) in [6.07, 6.45) is -12.6. The summed E-state index contributed by atoms with van der Waals surface area (Å²) in [5.41, 5.74) is 0.802. The van der Waals surface area contributed by atoms with Gasteiger partial charge in [0.2, 0.25) is 0 Å². The molecule has 2 aromatic rings. The first-order chi connectivity index (χ1) is 19.6. The summed E-state index contributed by atoms with van der Waals surface area (Å²) in [6.45, 7) is 1.78. The van der Waals surface area contributed by atoms with Gasteiger partial charge in [0.05, 0.1) is 18.1 Å². The minimum absolute atomic E-state index is 0.0605. The van der Waals surface area contributed by atoms with E-state index in [0.717, 1.165) is 11.0 Å². The van der Waals surface area contributed by atoms with Gasteiger partial charge in [-0.15, -0.1) is 0 Å². The maximum Gasteiger partial charge on any atom is 0.482 e. The zero-order chi connectivity index (χ0) is 31.5. The number of amides is 2. The van der Waals surface area contributed by atoms with Gasteiger partial charge in [-0.25, -0.2) is 9.59 Å². The molecule has 0 spiro atoms. The molecule has 2 amide bonds. The molecule has 232 valence electrons. The molecule has 0 fully saturated rings. The number of hydrogen-bond acceptors (Lipinski definition) is 7. The number of carboxylic acid groups (broad SMARTS) is 1. The van der Waals surface area contributed by atoms with Gasteiger partial charge >= 0.3 is 24.3 Å². The number of carbonyl (C=O) groups excluding carboxylic acids is 1. The van der Waals surface area contributed by atoms with E-state index < -0.39 is 48.3 Å². The summed E-state index contributed by atoms with van der Waals surface area (Å²) in [6, 6.07) is 9.48. The van der Waals surface area contributed by atoms with Crippen molar-refractivity contribution < 1.29 is 55.8 Å². The number of aryl methyl sites for hydroxylation is 1. The van der Waals surface area contributed by atoms with Crippen LogP contribution in [-0.4, -0.2) is 78.2 Å². The van der Waals surface area contributed by atoms with Gasteiger partial charge in [-0.05, 0) is 44.0 Å². The van der Waals surface area contributed by atoms with Crippen molar-refractivity contribution in [3.63, 3.8) is 0 Å². The highest BCUT2D eigenvalue weighted by Gasteiger charge is 2.59. The van der Waals surface area contributed by atoms with Crippen LogP contribution in [0.2, 0.25) is 0 Å². The SMILES string of the molecule is CCOC(Cc1ccc(OCCN(CCCOC(F)(F)C(F)(F)F)C(=O)Nc2ccc(C)c([N+](=O)[O-])c2)cc1)C(=O)O. The number of carbonyl (C=O) groups is 2. The van der Waals surface area contributed by atoms with Crippen molar-refractivity contribution in [2.75, 3.05) is 38.2 Å². The number of ether oxygens (including phenoxy) is 3. The molecule has 11 nitrogen and oxygen atoms in total. The number of hydrogen-bond donors (Lipinski definition) is 2. The lowest BCUT2D eigenvalue weighted by molar-refractivity contribution is -0.391. The molecule has 2 rings (SSSR count). The molecule has 0 heterocycles. The van der Waals surface area contributed by atoms with Crippen molar-refractivity contribution in [1.29, 1.82) is 0 Å². The highest BCUT2D eigenvalue weighted by Crippen LogP contribution is 2.36. The maximum atomic E-state index is 13.1. The molecule has 2 aromatic carbocycles. The summed E-state index contributed by atoms with van der Waals surface area (Å²) in [7, 11) is 0. The number of halogens is 5. The van der Waals surface area contributed by atoms with Crippen molar-refractivity contribution >= 4 is 23.4 Å². The molecule has 0 aliphatic carbocycles. The Bertz CT molecular complexity index is 1210. The first-order valence-corrected chi connectivity index (χ1v) is 12.6. The van der Waals surface area contributed by atoms with E-state index >= 15 is 0 Å². The number of anilines is 1. The van der Waals surface area contributed by atoms with Gasteiger partial charge in [0.1, 0.15) is 12.4 Å². The third kappa shape index (κ3) is 10.4. The number of nitrogens with one attached hydrogen (secondary N) is 1. The monoisotopic (exact) mass is 607 g/mol. The number of nitrogens with zero attached hydrogens (tertiary/aromatic N) is 2. The number of nitro groups is 1. The second-order valence-corrected chi connectivity index (χ2v) is 8.87. The average molecular weight is 608 g/mol. The summed E-state index contributed by atoms with van der Waals surface area (Å²) in [5, 5.41) is 22.9. The maximum absolute atomic E-state index is 13.1. The molecule has 0 saturated carbocycles. The van der Waals surface area contributed by atoms with Crippen molar-refractivity contribution in [3.05, 3.63) is 63.7 Å². The smallest absolute Gasteiger partial charge is 0.482 e. The lowest BCUT2D eigenvalue weighted by atomic mass is 10.1. The number of aliphatic carboxylic acids is 1. The molecule has 0 saturated heterocycles. The highest BCUT2D eigenvalue weighted by atomic mass is 19.4. The first kappa shape index (κ1) is 34.2. The van der Waals surface area contributed by atoms with Crippen molar-refractivity contribution in [3.8, 4) is 5.75 Å². The van der Waals surface area contributed by atoms with E-state index in [2.05, 4.69) is 10.1 Å². The van der Waals surface area contributed by atoms with Crippen LogP contribution < -0.4 is 10.1 Å². The minimum atomic E-state index is -5.90. The lowest BCUT2D eigenvalue weighted by Crippen LogP contribution is -2.41. The standard InChI is InChI=1S/C26H30F5N3O8/c1-3-40-22(23(35)36)15-18-6-9-20(10-7-18)41-14-12-33(11-4-13-42-26(30,31)25(27,28)29)24(37)32-19-8-5-17(2)21(16-19)34(38)39/h5-10,16,22H,3-4,11-15H2,1-2H3,(H,32,37)(H,35,36). The predicted molar refractivity (Wildman–Crippen MR) is 139 cm³/mol. The second-order valence-electron chi connectivity index (χ2n) is 8.87. The molecule has 1 unspecified atom stereocenters. The molecule has 16 heteroatoms. The fourth-order valence-corrected chi connectivity index (χ4v) is 3.57. The zero-order valence-corrected chi connectivity index (χ0v) is 22.7. The molecule has 0 radical (unpaired) electrons. The van der Waals surface area contributed by atoms with Gasteiger partial charge in [-0.1, -0.05) is 18.2 Å². The third-order valence-electron chi connectivity index (χ3n) is 5.75. The van der Waals surface area contributed by atoms with Crippen LogP contribution in [0.15, 0.2) is 42.5 Å². The van der Waals surface area contributed by atoms with E-state index in [0.29, 0.717) is 16.9 Å². The molecular formula is C26H30F5N3O8. The number of nitro benzene ring substituents is 1. The van der Waals surface area contributed by atoms with Crippen LogP contribution in [0.3, 0.4) is 0 Å². The summed E-state index contributed by atoms with van der Waals surface area (Å²) < 4.78 is 77.6. The van der Waals surface area contributed by atoms with Crippen molar-refractivity contribution in [1.82, 2.24) is 4.90 Å². The Hall–Kier alpha value is -4.05. The number of urea groups is 1. The fourth-order valence-electron chi connectivity index (χ4n) is 3.57. The number of carboxylic acids is 1. The summed E-state index contributed by atoms with van der Waals surface area (Å²) in [4.78, 5) is 35.8. The van der Waals surface area contributed by atoms with E-state index in [-0.39, 0.29) is 44.1 Å². The van der Waals surface area contributed by atoms with E-state index in [1.807, 2.05) is 0 Å². The Morgan fingerprint density at radius 3 is 2.31 bits per heavy atom. The fraction of sp³-hybridized carbons (Fsp3) is 0.462. The van der Waals surface area contributed by atoms with Gasteiger partial charge in [0, 0.05) is 36.9 Å². The second kappa shape index (κ2) is 15.3. The van der Waals surface area contributed by atoms with Gasteiger partial charge in [-0.3, -0.25) is 10.1 Å². The number of benzene rings is 2. The number of rotatable bonds is 16. The average Bonchev–Trinajstić information content (AvgIpc) is 2.90. The molecule has 1 atom stereocenters. The molecule has 0 bridgehead atoms. The normalized spacial score (nSPS) is 12.5. The molecule has 2 N–H and O–H groups in total. The molecule has 0 aromatic heterocycles. The van der Waals surface area contributed by atoms with Crippen LogP contribution >= 0.6 is 0 Å². The predicted octanol–water partition coefficient (Wildman–Crippen LogP) is 5.41. The van der Waals surface area contributed by atoms with Gasteiger partial charge < -0.3 is 29.5 Å². The summed E-state index contributed by atoms with van der Waals surface area (Å²) >= 11 is 0. The molecule has 0 aliphatic heterocycles. The Labute approximate surface area is 237 Å². The van der Waals surface area contributed by atoms with Crippen LogP contribution in [-0.2, 0) is 20.7 Å². The Morgan fingerprint density at radius 2 is 1.74 bits per heavy atom. The van der Waals surface area contributed by atoms with E-state index in [4.69, 9.17) is 9.47 Å². The first-order valence-electron chi connectivity index (χ1n) is 12.6. The highest BCUT2D eigenvalue weighted by molar-refractivity contribution is 5.89. The lowest BCUT2D eigenvalue weighted by Gasteiger charge is -2.24. The van der Waals surface area contributed by atoms with Gasteiger partial charge in [0.25, 0.3) is 5.69 Å².